The molecule has 1 heterocycles. The van der Waals surface area contributed by atoms with Crippen molar-refractivity contribution in [2.75, 3.05) is 7.11 Å². The quantitative estimate of drug-likeness (QED) is 0.828. The molecular weight excluding hydrogens is 248 g/mol. The van der Waals surface area contributed by atoms with Crippen molar-refractivity contribution >= 4 is 0 Å². The Morgan fingerprint density at radius 3 is 2.10 bits per heavy atom. The molecule has 0 aromatic carbocycles. The summed E-state index contributed by atoms with van der Waals surface area (Å²) in [6.45, 7) is 0. The van der Waals surface area contributed by atoms with E-state index < -0.39 is 0 Å². The van der Waals surface area contributed by atoms with Crippen molar-refractivity contribution in [1.82, 2.24) is 9.97 Å². The molecule has 0 spiro atoms. The van der Waals surface area contributed by atoms with Crippen molar-refractivity contribution < 1.29 is 4.74 Å². The Morgan fingerprint density at radius 2 is 1.50 bits per heavy atom. The highest BCUT2D eigenvalue weighted by Crippen LogP contribution is 2.34. The van der Waals surface area contributed by atoms with E-state index in [1.807, 2.05) is 7.11 Å². The van der Waals surface area contributed by atoms with Gasteiger partial charge in [0.2, 0.25) is 0 Å². The molecule has 110 valence electrons. The molecule has 3 nitrogen and oxygen atoms in total. The van der Waals surface area contributed by atoms with Crippen LogP contribution >= 0.6 is 0 Å². The minimum atomic E-state index is 0.466. The lowest BCUT2D eigenvalue weighted by Gasteiger charge is -2.27. The van der Waals surface area contributed by atoms with Gasteiger partial charge in [-0.1, -0.05) is 19.3 Å². The number of aromatic nitrogens is 2. The van der Waals surface area contributed by atoms with Crippen molar-refractivity contribution in [3.05, 3.63) is 23.8 Å². The maximum atomic E-state index is 5.44. The number of hydrogen-bond acceptors (Lipinski definition) is 3. The van der Waals surface area contributed by atoms with Gasteiger partial charge in [0.25, 0.3) is 0 Å². The van der Waals surface area contributed by atoms with E-state index >= 15 is 0 Å². The van der Waals surface area contributed by atoms with Crippen LogP contribution in [-0.2, 0) is 4.74 Å². The molecule has 1 aromatic heterocycles. The highest BCUT2D eigenvalue weighted by Gasteiger charge is 2.23. The molecule has 0 atom stereocenters. The van der Waals surface area contributed by atoms with Crippen LogP contribution < -0.4 is 0 Å². The Labute approximate surface area is 122 Å². The molecule has 3 rings (SSSR count). The zero-order chi connectivity index (χ0) is 13.8. The van der Waals surface area contributed by atoms with Crippen molar-refractivity contribution in [3.63, 3.8) is 0 Å². The first-order valence-electron chi connectivity index (χ1n) is 8.21. The van der Waals surface area contributed by atoms with Crippen LogP contribution in [0.2, 0.25) is 0 Å². The third-order valence-corrected chi connectivity index (χ3v) is 5.14. The van der Waals surface area contributed by atoms with E-state index in [2.05, 4.69) is 22.4 Å². The standard InChI is InChI=1S/C17H26N2O/c1-20-16-9-7-13(8-10-16)15-11-18-17(19-12-15)14-5-3-2-4-6-14/h11-14,16H,2-10H2,1H3. The van der Waals surface area contributed by atoms with Crippen LogP contribution in [0, 0.1) is 0 Å². The van der Waals surface area contributed by atoms with Crippen molar-refractivity contribution in [2.24, 2.45) is 0 Å². The summed E-state index contributed by atoms with van der Waals surface area (Å²) in [4.78, 5) is 9.35. The van der Waals surface area contributed by atoms with Crippen LogP contribution in [0.4, 0.5) is 0 Å². The van der Waals surface area contributed by atoms with Crippen LogP contribution in [0.1, 0.15) is 81.0 Å². The molecule has 2 saturated carbocycles. The molecule has 0 amide bonds. The number of rotatable bonds is 3. The van der Waals surface area contributed by atoms with E-state index in [0.717, 1.165) is 5.82 Å². The Kier molecular flexibility index (Phi) is 4.66. The van der Waals surface area contributed by atoms with Gasteiger partial charge in [-0.2, -0.15) is 0 Å². The summed E-state index contributed by atoms with van der Waals surface area (Å²) >= 11 is 0. The van der Waals surface area contributed by atoms with Crippen LogP contribution in [0.5, 0.6) is 0 Å². The van der Waals surface area contributed by atoms with Gasteiger partial charge in [-0.3, -0.25) is 0 Å². The molecule has 3 heteroatoms. The fraction of sp³-hybridized carbons (Fsp3) is 0.765. The van der Waals surface area contributed by atoms with E-state index in [4.69, 9.17) is 4.74 Å². The number of hydrogen-bond donors (Lipinski definition) is 0. The Morgan fingerprint density at radius 1 is 0.850 bits per heavy atom. The number of ether oxygens (including phenoxy) is 1. The smallest absolute Gasteiger partial charge is 0.131 e. The summed E-state index contributed by atoms with van der Waals surface area (Å²) in [5.74, 6) is 2.34. The number of nitrogens with zero attached hydrogens (tertiary/aromatic N) is 2. The highest BCUT2D eigenvalue weighted by atomic mass is 16.5. The second kappa shape index (κ2) is 6.66. The lowest BCUT2D eigenvalue weighted by atomic mass is 9.83. The lowest BCUT2D eigenvalue weighted by Crippen LogP contribution is -2.19. The Balaban J connectivity index is 1.61. The van der Waals surface area contributed by atoms with Gasteiger partial charge >= 0.3 is 0 Å². The Bertz CT molecular complexity index is 404. The van der Waals surface area contributed by atoms with E-state index in [1.54, 1.807) is 0 Å². The van der Waals surface area contributed by atoms with E-state index in [1.165, 1.54) is 63.4 Å². The first-order valence-corrected chi connectivity index (χ1v) is 8.21. The molecule has 0 N–H and O–H groups in total. The summed E-state index contributed by atoms with van der Waals surface area (Å²) < 4.78 is 5.44. The predicted molar refractivity (Wildman–Crippen MR) is 79.9 cm³/mol. The molecule has 0 aliphatic heterocycles. The maximum absolute atomic E-state index is 5.44. The summed E-state index contributed by atoms with van der Waals surface area (Å²) in [5, 5.41) is 0. The molecule has 20 heavy (non-hydrogen) atoms. The molecule has 2 aliphatic rings. The van der Waals surface area contributed by atoms with Crippen molar-refractivity contribution in [1.29, 1.82) is 0 Å². The van der Waals surface area contributed by atoms with Gasteiger partial charge in [0, 0.05) is 25.4 Å². The average Bonchev–Trinajstić information content (AvgIpc) is 2.56. The fourth-order valence-corrected chi connectivity index (χ4v) is 3.76. The second-order valence-electron chi connectivity index (χ2n) is 6.42. The van der Waals surface area contributed by atoms with Gasteiger partial charge in [0.1, 0.15) is 5.82 Å². The van der Waals surface area contributed by atoms with Gasteiger partial charge in [-0.05, 0) is 50.0 Å². The largest absolute Gasteiger partial charge is 0.381 e. The molecule has 0 unspecified atom stereocenters. The van der Waals surface area contributed by atoms with E-state index in [9.17, 15) is 0 Å². The number of methoxy groups -OCH3 is 1. The van der Waals surface area contributed by atoms with Crippen molar-refractivity contribution in [3.8, 4) is 0 Å². The summed E-state index contributed by atoms with van der Waals surface area (Å²) in [6.07, 6.45) is 16.0. The van der Waals surface area contributed by atoms with E-state index in [-0.39, 0.29) is 0 Å². The molecule has 2 aliphatic carbocycles. The third-order valence-electron chi connectivity index (χ3n) is 5.14. The molecule has 0 bridgehead atoms. The Hall–Kier alpha value is -0.960. The monoisotopic (exact) mass is 274 g/mol. The van der Waals surface area contributed by atoms with Gasteiger partial charge in [-0.15, -0.1) is 0 Å². The van der Waals surface area contributed by atoms with Crippen LogP contribution in [0.15, 0.2) is 12.4 Å². The molecule has 2 fully saturated rings. The van der Waals surface area contributed by atoms with Gasteiger partial charge in [0.05, 0.1) is 6.10 Å². The van der Waals surface area contributed by atoms with Crippen molar-refractivity contribution in [2.45, 2.75) is 75.7 Å². The maximum Gasteiger partial charge on any atom is 0.131 e. The van der Waals surface area contributed by atoms with Gasteiger partial charge < -0.3 is 4.74 Å². The summed E-state index contributed by atoms with van der Waals surface area (Å²) in [7, 11) is 1.83. The fourth-order valence-electron chi connectivity index (χ4n) is 3.76. The topological polar surface area (TPSA) is 35.0 Å². The summed E-state index contributed by atoms with van der Waals surface area (Å²) in [5.41, 5.74) is 1.33. The van der Waals surface area contributed by atoms with E-state index in [0.29, 0.717) is 17.9 Å². The molecule has 1 aromatic rings. The third kappa shape index (κ3) is 3.20. The van der Waals surface area contributed by atoms with Crippen LogP contribution in [0.3, 0.4) is 0 Å². The minimum Gasteiger partial charge on any atom is -0.381 e. The van der Waals surface area contributed by atoms with Crippen LogP contribution in [-0.4, -0.2) is 23.2 Å². The molecule has 0 radical (unpaired) electrons. The normalized spacial score (nSPS) is 28.4. The first-order chi connectivity index (χ1) is 9.86. The SMILES string of the molecule is COC1CCC(c2cnc(C3CCCCC3)nc2)CC1. The predicted octanol–water partition coefficient (Wildman–Crippen LogP) is 4.20. The first kappa shape index (κ1) is 14.0. The highest BCUT2D eigenvalue weighted by molar-refractivity contribution is 5.14. The molecular formula is C17H26N2O. The minimum absolute atomic E-state index is 0.466. The molecule has 0 saturated heterocycles. The second-order valence-corrected chi connectivity index (χ2v) is 6.42. The van der Waals surface area contributed by atoms with Crippen LogP contribution in [0.25, 0.3) is 0 Å². The van der Waals surface area contributed by atoms with Gasteiger partial charge in [0.15, 0.2) is 0 Å². The lowest BCUT2D eigenvalue weighted by molar-refractivity contribution is 0.0658. The zero-order valence-electron chi connectivity index (χ0n) is 12.6. The average molecular weight is 274 g/mol. The summed E-state index contributed by atoms with van der Waals surface area (Å²) in [6, 6.07) is 0. The zero-order valence-corrected chi connectivity index (χ0v) is 12.6. The van der Waals surface area contributed by atoms with Gasteiger partial charge in [-0.25, -0.2) is 9.97 Å².